The maximum atomic E-state index is 4.52. The van der Waals surface area contributed by atoms with Crippen molar-refractivity contribution in [1.82, 2.24) is 9.97 Å². The molecular weight excluding hydrogens is 316 g/mol. The van der Waals surface area contributed by atoms with E-state index in [9.17, 15) is 0 Å². The number of nitrogens with one attached hydrogen (secondary N) is 2. The lowest BCUT2D eigenvalue weighted by molar-refractivity contribution is 0.991. The van der Waals surface area contributed by atoms with E-state index in [2.05, 4.69) is 55.6 Å². The number of aromatic nitrogens is 2. The number of halogens is 1. The van der Waals surface area contributed by atoms with Crippen molar-refractivity contribution in [2.24, 2.45) is 0 Å². The number of nitrogens with zero attached hydrogens (tertiary/aromatic N) is 2. The lowest BCUT2D eigenvalue weighted by atomic mass is 10.2. The first-order valence-corrected chi connectivity index (χ1v) is 7.55. The van der Waals surface area contributed by atoms with Gasteiger partial charge >= 0.3 is 0 Å². The van der Waals surface area contributed by atoms with Crippen molar-refractivity contribution >= 4 is 33.4 Å². The summed E-state index contributed by atoms with van der Waals surface area (Å²) in [6.45, 7) is 2.08. The average Bonchev–Trinajstić information content (AvgIpc) is 3.28. The van der Waals surface area contributed by atoms with Gasteiger partial charge in [-0.3, -0.25) is 0 Å². The third-order valence-electron chi connectivity index (χ3n) is 3.50. The highest BCUT2D eigenvalue weighted by Crippen LogP contribution is 2.40. The first kappa shape index (κ1) is 13.4. The van der Waals surface area contributed by atoms with Crippen molar-refractivity contribution in [3.05, 3.63) is 40.0 Å². The summed E-state index contributed by atoms with van der Waals surface area (Å²) < 4.78 is 1.09. The Labute approximate surface area is 127 Å². The minimum atomic E-state index is 0.606. The summed E-state index contributed by atoms with van der Waals surface area (Å²) in [5, 5.41) is 6.42. The Kier molecular flexibility index (Phi) is 3.61. The Morgan fingerprint density at radius 2 is 2.05 bits per heavy atom. The van der Waals surface area contributed by atoms with Gasteiger partial charge in [0.2, 0.25) is 5.95 Å². The van der Waals surface area contributed by atoms with Gasteiger partial charge in [0.05, 0.1) is 5.69 Å². The van der Waals surface area contributed by atoms with Gasteiger partial charge in [0.15, 0.2) is 0 Å². The largest absolute Gasteiger partial charge is 0.357 e. The molecule has 20 heavy (non-hydrogen) atoms. The van der Waals surface area contributed by atoms with Gasteiger partial charge in [0.1, 0.15) is 5.82 Å². The van der Waals surface area contributed by atoms with Crippen LogP contribution in [0.5, 0.6) is 0 Å². The summed E-state index contributed by atoms with van der Waals surface area (Å²) in [7, 11) is 1.85. The van der Waals surface area contributed by atoms with Crippen LogP contribution in [0.25, 0.3) is 0 Å². The van der Waals surface area contributed by atoms with E-state index < -0.39 is 0 Å². The molecule has 2 aromatic rings. The molecule has 1 heterocycles. The van der Waals surface area contributed by atoms with Crippen LogP contribution in [0.15, 0.2) is 28.7 Å². The highest BCUT2D eigenvalue weighted by Gasteiger charge is 2.26. The number of hydrogen-bond acceptors (Lipinski definition) is 4. The molecule has 5 heteroatoms. The molecule has 0 unspecified atom stereocenters. The molecule has 0 atom stereocenters. The van der Waals surface area contributed by atoms with Crippen LogP contribution in [-0.2, 0) is 0 Å². The highest BCUT2D eigenvalue weighted by atomic mass is 79.9. The minimum Gasteiger partial charge on any atom is -0.357 e. The molecule has 1 aromatic carbocycles. The zero-order chi connectivity index (χ0) is 14.1. The molecule has 0 radical (unpaired) electrons. The minimum absolute atomic E-state index is 0.606. The second kappa shape index (κ2) is 5.40. The summed E-state index contributed by atoms with van der Waals surface area (Å²) in [6, 6.07) is 8.16. The predicted octanol–water partition coefficient (Wildman–Crippen LogP) is 4.21. The molecule has 1 aromatic heterocycles. The van der Waals surface area contributed by atoms with Crippen LogP contribution in [0.3, 0.4) is 0 Å². The van der Waals surface area contributed by atoms with Crippen molar-refractivity contribution in [1.29, 1.82) is 0 Å². The van der Waals surface area contributed by atoms with Crippen LogP contribution in [0.2, 0.25) is 0 Å². The van der Waals surface area contributed by atoms with E-state index in [1.807, 2.05) is 19.2 Å². The summed E-state index contributed by atoms with van der Waals surface area (Å²) >= 11 is 3.55. The molecule has 1 aliphatic carbocycles. The summed E-state index contributed by atoms with van der Waals surface area (Å²) in [5.41, 5.74) is 3.35. The van der Waals surface area contributed by atoms with Gasteiger partial charge in [-0.2, -0.15) is 4.98 Å². The molecule has 104 valence electrons. The van der Waals surface area contributed by atoms with Crippen LogP contribution >= 0.6 is 15.9 Å². The lowest BCUT2D eigenvalue weighted by Crippen LogP contribution is -2.04. The van der Waals surface area contributed by atoms with Crippen molar-refractivity contribution in [3.8, 4) is 0 Å². The fraction of sp³-hybridized carbons (Fsp3) is 0.333. The van der Waals surface area contributed by atoms with Crippen LogP contribution in [0, 0.1) is 6.92 Å². The Morgan fingerprint density at radius 3 is 2.75 bits per heavy atom. The molecular formula is C15H17BrN4. The average molecular weight is 333 g/mol. The van der Waals surface area contributed by atoms with E-state index in [4.69, 9.17) is 0 Å². The monoisotopic (exact) mass is 332 g/mol. The smallest absolute Gasteiger partial charge is 0.224 e. The summed E-state index contributed by atoms with van der Waals surface area (Å²) in [5.74, 6) is 2.12. The van der Waals surface area contributed by atoms with E-state index in [0.717, 1.165) is 21.7 Å². The molecule has 1 aliphatic rings. The molecule has 3 rings (SSSR count). The molecule has 0 amide bonds. The third-order valence-corrected chi connectivity index (χ3v) is 4.35. The van der Waals surface area contributed by atoms with E-state index in [0.29, 0.717) is 11.9 Å². The number of hydrogen-bond donors (Lipinski definition) is 2. The number of rotatable bonds is 4. The summed E-state index contributed by atoms with van der Waals surface area (Å²) in [6.07, 6.45) is 2.46. The van der Waals surface area contributed by atoms with Gasteiger partial charge in [-0.15, -0.1) is 0 Å². The standard InChI is InChI=1S/C15H17BrN4/c1-9-11(16)4-3-5-12(9)18-14-8-13(10-6-7-10)19-15(17-2)20-14/h3-5,8,10H,6-7H2,1-2H3,(H2,17,18,19,20). The Morgan fingerprint density at radius 1 is 1.25 bits per heavy atom. The zero-order valence-electron chi connectivity index (χ0n) is 11.6. The molecule has 4 nitrogen and oxygen atoms in total. The summed E-state index contributed by atoms with van der Waals surface area (Å²) in [4.78, 5) is 9.00. The van der Waals surface area contributed by atoms with E-state index >= 15 is 0 Å². The van der Waals surface area contributed by atoms with Crippen LogP contribution in [0.4, 0.5) is 17.5 Å². The zero-order valence-corrected chi connectivity index (χ0v) is 13.2. The highest BCUT2D eigenvalue weighted by molar-refractivity contribution is 9.10. The number of anilines is 3. The fourth-order valence-corrected chi connectivity index (χ4v) is 2.48. The van der Waals surface area contributed by atoms with Gasteiger partial charge < -0.3 is 10.6 Å². The van der Waals surface area contributed by atoms with Gasteiger partial charge in [-0.1, -0.05) is 22.0 Å². The van der Waals surface area contributed by atoms with Crippen molar-refractivity contribution < 1.29 is 0 Å². The fourth-order valence-electron chi connectivity index (χ4n) is 2.11. The first-order chi connectivity index (χ1) is 9.67. The molecule has 0 aliphatic heterocycles. The Bertz CT molecular complexity index is 638. The van der Waals surface area contributed by atoms with Gasteiger partial charge in [0, 0.05) is 29.2 Å². The van der Waals surface area contributed by atoms with Crippen LogP contribution in [0.1, 0.15) is 30.0 Å². The molecule has 0 spiro atoms. The van der Waals surface area contributed by atoms with E-state index in [1.165, 1.54) is 18.4 Å². The van der Waals surface area contributed by atoms with Crippen LogP contribution < -0.4 is 10.6 Å². The van der Waals surface area contributed by atoms with Gasteiger partial charge in [-0.05, 0) is 37.5 Å². The number of benzene rings is 1. The quantitative estimate of drug-likeness (QED) is 0.880. The van der Waals surface area contributed by atoms with Crippen LogP contribution in [-0.4, -0.2) is 17.0 Å². The molecule has 2 N–H and O–H groups in total. The normalized spacial score (nSPS) is 14.2. The van der Waals surface area contributed by atoms with Crippen molar-refractivity contribution in [2.75, 3.05) is 17.7 Å². The SMILES string of the molecule is CNc1nc(Nc2cccc(Br)c2C)cc(C2CC2)n1. The van der Waals surface area contributed by atoms with E-state index in [-0.39, 0.29) is 0 Å². The second-order valence-corrected chi connectivity index (χ2v) is 5.92. The van der Waals surface area contributed by atoms with E-state index in [1.54, 1.807) is 0 Å². The third kappa shape index (κ3) is 2.77. The topological polar surface area (TPSA) is 49.8 Å². The molecule has 1 saturated carbocycles. The van der Waals surface area contributed by atoms with Crippen molar-refractivity contribution in [3.63, 3.8) is 0 Å². The maximum absolute atomic E-state index is 4.52. The van der Waals surface area contributed by atoms with Crippen molar-refractivity contribution in [2.45, 2.75) is 25.7 Å². The van der Waals surface area contributed by atoms with Gasteiger partial charge in [0.25, 0.3) is 0 Å². The lowest BCUT2D eigenvalue weighted by Gasteiger charge is -2.12. The maximum Gasteiger partial charge on any atom is 0.224 e. The molecule has 0 bridgehead atoms. The van der Waals surface area contributed by atoms with Gasteiger partial charge in [-0.25, -0.2) is 4.98 Å². The molecule has 0 saturated heterocycles. The first-order valence-electron chi connectivity index (χ1n) is 6.76. The predicted molar refractivity (Wildman–Crippen MR) is 85.7 cm³/mol. The second-order valence-electron chi connectivity index (χ2n) is 5.06. The molecule has 1 fully saturated rings. The Balaban J connectivity index is 1.93. The Hall–Kier alpha value is -1.62.